The highest BCUT2D eigenvalue weighted by molar-refractivity contribution is 7.02. The van der Waals surface area contributed by atoms with E-state index in [9.17, 15) is 4.79 Å². The highest BCUT2D eigenvalue weighted by Gasteiger charge is 2.69. The van der Waals surface area contributed by atoms with Crippen LogP contribution in [0.4, 0.5) is 0 Å². The normalized spacial score (nSPS) is 23.1. The number of fused-ring (bicyclic) bond motifs is 5. The molecule has 6 rings (SSSR count). The summed E-state index contributed by atoms with van der Waals surface area (Å²) in [7, 11) is -6.72. The molecule has 1 fully saturated rings. The van der Waals surface area contributed by atoms with E-state index in [1.807, 2.05) is 0 Å². The zero-order valence-corrected chi connectivity index (χ0v) is 35.0. The summed E-state index contributed by atoms with van der Waals surface area (Å²) in [4.78, 5) is 14.0. The molecular weight excluding hydrogens is 641 g/mol. The summed E-state index contributed by atoms with van der Waals surface area (Å²) in [5.41, 5.74) is 4.65. The lowest BCUT2D eigenvalue weighted by Gasteiger charge is -2.46. The summed E-state index contributed by atoms with van der Waals surface area (Å²) in [6.45, 7) is 32.0. The Bertz CT molecular complexity index is 1640. The van der Waals surface area contributed by atoms with Gasteiger partial charge in [-0.05, 0) is 58.1 Å². The molecule has 48 heavy (non-hydrogen) atoms. The van der Waals surface area contributed by atoms with Crippen molar-refractivity contribution >= 4 is 41.0 Å². The average molecular weight is 701 g/mol. The third-order valence-electron chi connectivity index (χ3n) is 12.7. The minimum Gasteiger partial charge on any atom is -0.412 e. The molecular formula is C40H60N2O3Si3. The first-order valence-electron chi connectivity index (χ1n) is 18.1. The van der Waals surface area contributed by atoms with Gasteiger partial charge in [0.1, 0.15) is 0 Å². The molecule has 3 aromatic rings. The summed E-state index contributed by atoms with van der Waals surface area (Å²) in [6.07, 6.45) is 1.22. The molecule has 1 saturated heterocycles. The molecule has 1 aromatic heterocycles. The van der Waals surface area contributed by atoms with Crippen LogP contribution < -0.4 is 10.4 Å². The molecule has 4 atom stereocenters. The van der Waals surface area contributed by atoms with Crippen LogP contribution in [0, 0.1) is 0 Å². The fourth-order valence-electron chi connectivity index (χ4n) is 8.18. The maximum absolute atomic E-state index is 14.0. The average Bonchev–Trinajstić information content (AvgIpc) is 3.36. The largest absolute Gasteiger partial charge is 0.412 e. The molecule has 0 bridgehead atoms. The number of Topliss-reactive ketones (excluding diaryl/α,β-unsaturated/α-hetero) is 1. The van der Waals surface area contributed by atoms with Crippen LogP contribution in [0.3, 0.4) is 0 Å². The molecule has 0 saturated carbocycles. The van der Waals surface area contributed by atoms with Gasteiger partial charge in [-0.2, -0.15) is 0 Å². The van der Waals surface area contributed by atoms with Gasteiger partial charge in [-0.3, -0.25) is 4.79 Å². The SMILES string of the molecule is CC(C)(C)[Si](C)(C)OCc1c2c(n3c1[C@@H]1[C@H](C3)N1[Si](c1ccccc1)(c1ccccc1)C(C)(C)C)C(=O)CCC2O[Si](C)(C)C(C)(C)C. The van der Waals surface area contributed by atoms with E-state index in [0.717, 1.165) is 24.2 Å². The van der Waals surface area contributed by atoms with E-state index in [0.29, 0.717) is 19.1 Å². The van der Waals surface area contributed by atoms with Crippen LogP contribution in [0.5, 0.6) is 0 Å². The summed E-state index contributed by atoms with van der Waals surface area (Å²) in [6, 6.07) is 23.2. The van der Waals surface area contributed by atoms with Gasteiger partial charge in [0.05, 0.1) is 24.4 Å². The number of aromatic nitrogens is 1. The second kappa shape index (κ2) is 11.7. The molecule has 0 amide bonds. The summed E-state index contributed by atoms with van der Waals surface area (Å²) in [5, 5.41) is 3.09. The van der Waals surface area contributed by atoms with Gasteiger partial charge in [0.25, 0.3) is 0 Å². The second-order valence-electron chi connectivity index (χ2n) is 18.7. The van der Waals surface area contributed by atoms with Crippen LogP contribution in [0.15, 0.2) is 60.7 Å². The van der Waals surface area contributed by atoms with Gasteiger partial charge in [-0.25, -0.2) is 0 Å². The van der Waals surface area contributed by atoms with Crippen LogP contribution in [-0.4, -0.2) is 45.8 Å². The Morgan fingerprint density at radius 1 is 0.750 bits per heavy atom. The number of hydrogen-bond acceptors (Lipinski definition) is 4. The molecule has 0 radical (unpaired) electrons. The van der Waals surface area contributed by atoms with Crippen molar-refractivity contribution in [3.63, 3.8) is 0 Å². The summed E-state index contributed by atoms with van der Waals surface area (Å²) < 4.78 is 19.7. The van der Waals surface area contributed by atoms with Crippen LogP contribution >= 0.6 is 0 Å². The molecule has 3 heterocycles. The first-order valence-corrected chi connectivity index (χ1v) is 25.9. The predicted molar refractivity (Wildman–Crippen MR) is 207 cm³/mol. The molecule has 8 heteroatoms. The van der Waals surface area contributed by atoms with E-state index < -0.39 is 24.9 Å². The van der Waals surface area contributed by atoms with E-state index >= 15 is 0 Å². The summed E-state index contributed by atoms with van der Waals surface area (Å²) >= 11 is 0. The Morgan fingerprint density at radius 2 is 1.27 bits per heavy atom. The maximum Gasteiger partial charge on any atom is 0.198 e. The molecule has 2 unspecified atom stereocenters. The van der Waals surface area contributed by atoms with Crippen molar-refractivity contribution < 1.29 is 13.6 Å². The third kappa shape index (κ3) is 5.53. The Hall–Kier alpha value is -2.08. The highest BCUT2D eigenvalue weighted by Crippen LogP contribution is 2.60. The van der Waals surface area contributed by atoms with Crippen molar-refractivity contribution in [3.05, 3.63) is 83.2 Å². The van der Waals surface area contributed by atoms with Crippen LogP contribution in [0.1, 0.15) is 115 Å². The Kier molecular flexibility index (Phi) is 8.74. The predicted octanol–water partition coefficient (Wildman–Crippen LogP) is 9.35. The smallest absolute Gasteiger partial charge is 0.198 e. The molecule has 5 nitrogen and oxygen atoms in total. The topological polar surface area (TPSA) is 43.5 Å². The standard InChI is InChI=1S/C40H60N2O3Si3/c1-38(2,3)46(10,11)44-27-30-34-33(45-47(12,13)39(4,5)6)25-24-32(43)37(34)41-26-31-36(35(30)41)42(31)48(40(7,8)9,28-20-16-14-17-21-28)29-22-18-15-19-23-29/h14-23,31,33,36H,24-27H2,1-13H3/t31-,33?,36-,42?/m0/s1. The van der Waals surface area contributed by atoms with Gasteiger partial charge >= 0.3 is 0 Å². The van der Waals surface area contributed by atoms with Crippen molar-refractivity contribution in [2.24, 2.45) is 0 Å². The number of carbonyl (C=O) groups is 1. The van der Waals surface area contributed by atoms with Gasteiger partial charge in [-0.1, -0.05) is 123 Å². The van der Waals surface area contributed by atoms with E-state index in [4.69, 9.17) is 8.85 Å². The number of rotatable bonds is 8. The van der Waals surface area contributed by atoms with Gasteiger partial charge in [0.2, 0.25) is 0 Å². The fraction of sp³-hybridized carbons (Fsp3) is 0.575. The van der Waals surface area contributed by atoms with Crippen molar-refractivity contribution in [2.75, 3.05) is 0 Å². The van der Waals surface area contributed by atoms with E-state index in [2.05, 4.69) is 158 Å². The van der Waals surface area contributed by atoms with E-state index in [-0.39, 0.29) is 33.0 Å². The summed E-state index contributed by atoms with van der Waals surface area (Å²) in [5.74, 6) is 0.276. The Balaban J connectivity index is 1.55. The Morgan fingerprint density at radius 3 is 1.75 bits per heavy atom. The molecule has 1 aliphatic carbocycles. The first-order chi connectivity index (χ1) is 22.1. The first kappa shape index (κ1) is 35.7. The number of nitrogens with zero attached hydrogens (tertiary/aromatic N) is 2. The van der Waals surface area contributed by atoms with E-state index in [1.54, 1.807) is 0 Å². The number of hydrogen-bond donors (Lipinski definition) is 0. The van der Waals surface area contributed by atoms with Gasteiger partial charge in [0, 0.05) is 35.8 Å². The van der Waals surface area contributed by atoms with Gasteiger partial charge in [0.15, 0.2) is 30.7 Å². The fourth-order valence-corrected chi connectivity index (χ4v) is 16.6. The van der Waals surface area contributed by atoms with Crippen molar-refractivity contribution in [3.8, 4) is 0 Å². The maximum atomic E-state index is 14.0. The molecule has 3 aliphatic rings. The monoisotopic (exact) mass is 700 g/mol. The molecule has 260 valence electrons. The van der Waals surface area contributed by atoms with Gasteiger partial charge < -0.3 is 18.0 Å². The lowest BCUT2D eigenvalue weighted by Crippen LogP contribution is -2.70. The number of carbonyl (C=O) groups excluding carboxylic acids is 1. The van der Waals surface area contributed by atoms with Crippen LogP contribution in [0.25, 0.3) is 0 Å². The highest BCUT2D eigenvalue weighted by atomic mass is 28.4. The molecule has 0 spiro atoms. The van der Waals surface area contributed by atoms with Crippen molar-refractivity contribution in [1.82, 2.24) is 9.13 Å². The minimum atomic E-state index is -2.52. The van der Waals surface area contributed by atoms with Crippen molar-refractivity contribution in [1.29, 1.82) is 0 Å². The van der Waals surface area contributed by atoms with E-state index in [1.165, 1.54) is 21.6 Å². The van der Waals surface area contributed by atoms with Crippen LogP contribution in [-0.2, 0) is 22.0 Å². The van der Waals surface area contributed by atoms with Crippen LogP contribution in [0.2, 0.25) is 41.3 Å². The molecule has 0 N–H and O–H groups in total. The van der Waals surface area contributed by atoms with Gasteiger partial charge in [-0.15, -0.1) is 0 Å². The zero-order chi connectivity index (χ0) is 35.2. The quantitative estimate of drug-likeness (QED) is 0.174. The second-order valence-corrected chi connectivity index (χ2v) is 32.9. The zero-order valence-electron chi connectivity index (χ0n) is 32.0. The Labute approximate surface area is 293 Å². The lowest BCUT2D eigenvalue weighted by molar-refractivity contribution is 0.0894. The minimum absolute atomic E-state index is 0.0126. The number of benzene rings is 2. The molecule has 2 aliphatic heterocycles. The number of ketones is 1. The van der Waals surface area contributed by atoms with Crippen molar-refractivity contribution in [2.45, 2.75) is 148 Å². The molecule has 2 aromatic carbocycles. The lowest BCUT2D eigenvalue weighted by atomic mass is 9.90. The third-order valence-corrected chi connectivity index (χ3v) is 27.6.